The normalized spacial score (nSPS) is 21.2. The second-order valence-corrected chi connectivity index (χ2v) is 8.82. The molecule has 3 rings (SSSR count). The Labute approximate surface area is 175 Å². The number of benzene rings is 1. The van der Waals surface area contributed by atoms with Gasteiger partial charge in [0.1, 0.15) is 0 Å². The van der Waals surface area contributed by atoms with E-state index in [1.807, 2.05) is 6.07 Å². The summed E-state index contributed by atoms with van der Waals surface area (Å²) in [4.78, 5) is 30.5. The first kappa shape index (κ1) is 21.8. The van der Waals surface area contributed by atoms with Crippen LogP contribution < -0.4 is 5.32 Å². The Morgan fingerprint density at radius 3 is 2.41 bits per heavy atom. The van der Waals surface area contributed by atoms with Crippen molar-refractivity contribution in [2.75, 3.05) is 46.8 Å². The minimum Gasteiger partial charge on any atom is -0.352 e. The molecule has 2 aliphatic heterocycles. The van der Waals surface area contributed by atoms with E-state index >= 15 is 0 Å². The maximum absolute atomic E-state index is 12.4. The van der Waals surface area contributed by atoms with Gasteiger partial charge in [0.2, 0.25) is 11.8 Å². The standard InChI is InChI=1S/C23H36N4O2/c1-25(2)23(29)18-26-13-10-19(11-14-26)8-9-22(28)24-21-12-15-27(17-21)16-20-6-4-3-5-7-20/h3-7,19,21H,8-18H2,1-2H3,(H,24,28)/t21-/m1/s1. The first-order chi connectivity index (χ1) is 14.0. The van der Waals surface area contributed by atoms with Gasteiger partial charge in [-0.15, -0.1) is 0 Å². The fraction of sp³-hybridized carbons (Fsp3) is 0.652. The third kappa shape index (κ3) is 7.12. The second kappa shape index (κ2) is 10.7. The highest BCUT2D eigenvalue weighted by Crippen LogP contribution is 2.22. The first-order valence-electron chi connectivity index (χ1n) is 11.0. The van der Waals surface area contributed by atoms with Gasteiger partial charge in [-0.1, -0.05) is 30.3 Å². The van der Waals surface area contributed by atoms with Crippen LogP contribution in [-0.2, 0) is 16.1 Å². The fourth-order valence-electron chi connectivity index (χ4n) is 4.34. The zero-order chi connectivity index (χ0) is 20.6. The van der Waals surface area contributed by atoms with Gasteiger partial charge in [0.05, 0.1) is 6.54 Å². The van der Waals surface area contributed by atoms with Crippen molar-refractivity contribution in [2.45, 2.75) is 44.7 Å². The smallest absolute Gasteiger partial charge is 0.236 e. The molecule has 2 amide bonds. The summed E-state index contributed by atoms with van der Waals surface area (Å²) < 4.78 is 0. The molecule has 2 saturated heterocycles. The van der Waals surface area contributed by atoms with Crippen LogP contribution in [0.15, 0.2) is 30.3 Å². The van der Waals surface area contributed by atoms with Crippen LogP contribution in [0.3, 0.4) is 0 Å². The van der Waals surface area contributed by atoms with E-state index in [0.717, 1.165) is 58.4 Å². The maximum atomic E-state index is 12.4. The van der Waals surface area contributed by atoms with E-state index < -0.39 is 0 Å². The average Bonchev–Trinajstić information content (AvgIpc) is 3.14. The molecule has 2 aliphatic rings. The molecule has 1 atom stereocenters. The molecule has 0 saturated carbocycles. The van der Waals surface area contributed by atoms with Gasteiger partial charge >= 0.3 is 0 Å². The Morgan fingerprint density at radius 2 is 1.72 bits per heavy atom. The van der Waals surface area contributed by atoms with Crippen molar-refractivity contribution >= 4 is 11.8 Å². The molecular weight excluding hydrogens is 364 g/mol. The van der Waals surface area contributed by atoms with Gasteiger partial charge in [0, 0.05) is 46.2 Å². The van der Waals surface area contributed by atoms with E-state index in [2.05, 4.69) is 39.4 Å². The molecule has 1 N–H and O–H groups in total. The average molecular weight is 401 g/mol. The Balaban J connectivity index is 1.29. The number of likely N-dealkylation sites (tertiary alicyclic amines) is 2. The summed E-state index contributed by atoms with van der Waals surface area (Å²) >= 11 is 0. The molecule has 1 aromatic carbocycles. The number of hydrogen-bond donors (Lipinski definition) is 1. The summed E-state index contributed by atoms with van der Waals surface area (Å²) in [6, 6.07) is 10.8. The molecule has 0 spiro atoms. The molecule has 6 heteroatoms. The topological polar surface area (TPSA) is 55.9 Å². The summed E-state index contributed by atoms with van der Waals surface area (Å²) in [6.07, 6.45) is 4.79. The number of piperidine rings is 1. The van der Waals surface area contributed by atoms with E-state index in [4.69, 9.17) is 0 Å². The highest BCUT2D eigenvalue weighted by Gasteiger charge is 2.25. The molecule has 2 fully saturated rings. The molecule has 160 valence electrons. The van der Waals surface area contributed by atoms with Gasteiger partial charge in [-0.2, -0.15) is 0 Å². The Morgan fingerprint density at radius 1 is 1.03 bits per heavy atom. The van der Waals surface area contributed by atoms with Crippen LogP contribution in [0, 0.1) is 5.92 Å². The van der Waals surface area contributed by atoms with E-state index in [9.17, 15) is 9.59 Å². The van der Waals surface area contributed by atoms with Crippen molar-refractivity contribution in [1.29, 1.82) is 0 Å². The lowest BCUT2D eigenvalue weighted by Gasteiger charge is -2.32. The molecule has 0 aromatic heterocycles. The molecular formula is C23H36N4O2. The lowest BCUT2D eigenvalue weighted by atomic mass is 9.92. The van der Waals surface area contributed by atoms with Crippen molar-refractivity contribution in [2.24, 2.45) is 5.92 Å². The Bertz CT molecular complexity index is 656. The summed E-state index contributed by atoms with van der Waals surface area (Å²) in [7, 11) is 3.61. The van der Waals surface area contributed by atoms with E-state index in [1.54, 1.807) is 19.0 Å². The highest BCUT2D eigenvalue weighted by atomic mass is 16.2. The van der Waals surface area contributed by atoms with Crippen LogP contribution >= 0.6 is 0 Å². The molecule has 29 heavy (non-hydrogen) atoms. The summed E-state index contributed by atoms with van der Waals surface area (Å²) in [5.74, 6) is 0.965. The first-order valence-corrected chi connectivity index (χ1v) is 11.0. The van der Waals surface area contributed by atoms with E-state index in [0.29, 0.717) is 18.9 Å². The van der Waals surface area contributed by atoms with Gasteiger partial charge < -0.3 is 10.2 Å². The highest BCUT2D eigenvalue weighted by molar-refractivity contribution is 5.77. The number of hydrogen-bond acceptors (Lipinski definition) is 4. The monoisotopic (exact) mass is 400 g/mol. The molecule has 2 heterocycles. The number of nitrogens with zero attached hydrogens (tertiary/aromatic N) is 3. The van der Waals surface area contributed by atoms with Crippen molar-refractivity contribution in [3.8, 4) is 0 Å². The molecule has 0 radical (unpaired) electrons. The van der Waals surface area contributed by atoms with Crippen LogP contribution in [0.4, 0.5) is 0 Å². The summed E-state index contributed by atoms with van der Waals surface area (Å²) in [5.41, 5.74) is 1.33. The zero-order valence-corrected chi connectivity index (χ0v) is 18.0. The molecule has 6 nitrogen and oxygen atoms in total. The maximum Gasteiger partial charge on any atom is 0.236 e. The number of carbonyl (C=O) groups is 2. The van der Waals surface area contributed by atoms with Crippen LogP contribution in [-0.4, -0.2) is 79.4 Å². The van der Waals surface area contributed by atoms with Crippen molar-refractivity contribution in [3.63, 3.8) is 0 Å². The minimum atomic E-state index is 0.167. The van der Waals surface area contributed by atoms with Crippen LogP contribution in [0.2, 0.25) is 0 Å². The number of nitrogens with one attached hydrogen (secondary N) is 1. The molecule has 0 bridgehead atoms. The SMILES string of the molecule is CN(C)C(=O)CN1CCC(CCC(=O)N[C@@H]2CCN(Cc3ccccc3)C2)CC1. The summed E-state index contributed by atoms with van der Waals surface area (Å²) in [5, 5.41) is 3.24. The van der Waals surface area contributed by atoms with Gasteiger partial charge in [0.25, 0.3) is 0 Å². The van der Waals surface area contributed by atoms with Crippen LogP contribution in [0.25, 0.3) is 0 Å². The quantitative estimate of drug-likeness (QED) is 0.725. The predicted octanol–water partition coefficient (Wildman–Crippen LogP) is 1.96. The second-order valence-electron chi connectivity index (χ2n) is 8.82. The zero-order valence-electron chi connectivity index (χ0n) is 18.0. The van der Waals surface area contributed by atoms with Gasteiger partial charge in [-0.3, -0.25) is 19.4 Å². The van der Waals surface area contributed by atoms with Gasteiger partial charge in [0.15, 0.2) is 0 Å². The lowest BCUT2D eigenvalue weighted by Crippen LogP contribution is -2.41. The van der Waals surface area contributed by atoms with Crippen LogP contribution in [0.5, 0.6) is 0 Å². The summed E-state index contributed by atoms with van der Waals surface area (Å²) in [6.45, 7) is 5.39. The van der Waals surface area contributed by atoms with Crippen molar-refractivity contribution < 1.29 is 9.59 Å². The Hall–Kier alpha value is -1.92. The third-order valence-corrected chi connectivity index (χ3v) is 6.23. The lowest BCUT2D eigenvalue weighted by molar-refractivity contribution is -0.130. The number of amides is 2. The predicted molar refractivity (Wildman–Crippen MR) is 115 cm³/mol. The molecule has 0 unspecified atom stereocenters. The molecule has 1 aromatic rings. The van der Waals surface area contributed by atoms with E-state index in [1.165, 1.54) is 5.56 Å². The Kier molecular flexibility index (Phi) is 8.07. The fourth-order valence-corrected chi connectivity index (χ4v) is 4.34. The van der Waals surface area contributed by atoms with Crippen molar-refractivity contribution in [1.82, 2.24) is 20.0 Å². The third-order valence-electron chi connectivity index (χ3n) is 6.23. The van der Waals surface area contributed by atoms with E-state index in [-0.39, 0.29) is 17.9 Å². The number of carbonyl (C=O) groups excluding carboxylic acids is 2. The minimum absolute atomic E-state index is 0.167. The largest absolute Gasteiger partial charge is 0.352 e. The van der Waals surface area contributed by atoms with Crippen molar-refractivity contribution in [3.05, 3.63) is 35.9 Å². The van der Waals surface area contributed by atoms with Crippen LogP contribution in [0.1, 0.15) is 37.7 Å². The van der Waals surface area contributed by atoms with Gasteiger partial charge in [-0.25, -0.2) is 0 Å². The number of likely N-dealkylation sites (N-methyl/N-ethyl adjacent to an activating group) is 1. The number of rotatable bonds is 8. The van der Waals surface area contributed by atoms with Gasteiger partial charge in [-0.05, 0) is 50.3 Å². The molecule has 0 aliphatic carbocycles.